The molecule has 0 aliphatic carbocycles. The van der Waals surface area contributed by atoms with Gasteiger partial charge in [-0.05, 0) is 0 Å². The van der Waals surface area contributed by atoms with Crippen molar-refractivity contribution < 1.29 is 37.2 Å². The fourth-order valence-corrected chi connectivity index (χ4v) is 0. The zero-order valence-electron chi connectivity index (χ0n) is 3.55. The molecule has 0 aliphatic rings. The van der Waals surface area contributed by atoms with Crippen molar-refractivity contribution in [3.63, 3.8) is 0 Å². The molecule has 41 valence electrons. The summed E-state index contributed by atoms with van der Waals surface area (Å²) >= 11 is 1.62. The Bertz CT molecular complexity index is 14.9. The molecule has 0 nitrogen and oxygen atoms in total. The van der Waals surface area contributed by atoms with Crippen LogP contribution in [-0.2, 0) is 0 Å². The van der Waals surface area contributed by atoms with E-state index < -0.39 is 0 Å². The van der Waals surface area contributed by atoms with E-state index in [-0.39, 0.29) is 37.2 Å². The first-order valence-corrected chi connectivity index (χ1v) is 3.93. The van der Waals surface area contributed by atoms with Gasteiger partial charge in [0.2, 0.25) is 0 Å². The van der Waals surface area contributed by atoms with Crippen molar-refractivity contribution in [3.05, 3.63) is 0 Å². The topological polar surface area (TPSA) is 0 Å². The van der Waals surface area contributed by atoms with Crippen LogP contribution in [0.2, 0.25) is 10.5 Å². The molecular formula is C2H4Cl3SiSn. The van der Waals surface area contributed by atoms with E-state index in [1.165, 1.54) is 10.5 Å². The van der Waals surface area contributed by atoms with Crippen LogP contribution in [-0.4, -0.2) is 32.8 Å². The van der Waals surface area contributed by atoms with Crippen LogP contribution in [0.15, 0.2) is 0 Å². The predicted octanol–water partition coefficient (Wildman–Crippen LogP) is -8.83. The first-order valence-electron chi connectivity index (χ1n) is 1.21. The summed E-state index contributed by atoms with van der Waals surface area (Å²) in [6.07, 6.45) is 0. The Hall–Kier alpha value is 1.89. The van der Waals surface area contributed by atoms with Gasteiger partial charge in [0, 0.05) is 0 Å². The second-order valence-corrected chi connectivity index (χ2v) is 2.43. The van der Waals surface area contributed by atoms with Crippen molar-refractivity contribution in [1.29, 1.82) is 0 Å². The molecule has 5 heteroatoms. The molecule has 3 radical (unpaired) electrons. The number of hydrogen-bond donors (Lipinski definition) is 0. The standard InChI is InChI=1S/C2H4Si.3ClH.Sn/c1-2-3;;;;/h1-2H2;3*1H;/q;;;;+3/p-3. The van der Waals surface area contributed by atoms with Gasteiger partial charge in [0.05, 0.1) is 0 Å². The van der Waals surface area contributed by atoms with Crippen LogP contribution in [0, 0.1) is 0 Å². The summed E-state index contributed by atoms with van der Waals surface area (Å²) in [4.78, 5) is 0. The van der Waals surface area contributed by atoms with Crippen molar-refractivity contribution in [3.8, 4) is 0 Å². The molecule has 0 rings (SSSR count). The molecule has 0 aromatic carbocycles. The maximum absolute atomic E-state index is 3.31. The second-order valence-electron chi connectivity index (χ2n) is 0.500. The van der Waals surface area contributed by atoms with Gasteiger partial charge < -0.3 is 37.2 Å². The Morgan fingerprint density at radius 3 is 1.29 bits per heavy atom. The average molecular weight is 281 g/mol. The van der Waals surface area contributed by atoms with E-state index in [1.807, 2.05) is 0 Å². The molecule has 0 atom stereocenters. The third kappa shape index (κ3) is 32.8. The Kier molecular flexibility index (Phi) is 81.9. The quantitative estimate of drug-likeness (QED) is 0.419. The van der Waals surface area contributed by atoms with Crippen molar-refractivity contribution in [1.82, 2.24) is 0 Å². The maximum atomic E-state index is 3.31. The fraction of sp³-hybridized carbons (Fsp3) is 1.00. The van der Waals surface area contributed by atoms with E-state index in [1.54, 1.807) is 22.5 Å². The van der Waals surface area contributed by atoms with Crippen molar-refractivity contribution in [2.75, 3.05) is 0 Å². The molecule has 0 bridgehead atoms. The molecule has 0 saturated carbocycles. The van der Waals surface area contributed by atoms with Crippen LogP contribution in [0.3, 0.4) is 0 Å². The minimum absolute atomic E-state index is 0. The molecule has 7 heavy (non-hydrogen) atoms. The second kappa shape index (κ2) is 24.8. The van der Waals surface area contributed by atoms with Gasteiger partial charge in [-0.3, -0.25) is 0 Å². The van der Waals surface area contributed by atoms with Crippen molar-refractivity contribution in [2.45, 2.75) is 10.5 Å². The van der Waals surface area contributed by atoms with Gasteiger partial charge in [-0.1, -0.05) is 0 Å². The van der Waals surface area contributed by atoms with E-state index >= 15 is 0 Å². The van der Waals surface area contributed by atoms with Crippen LogP contribution in [0.4, 0.5) is 0 Å². The Balaban J connectivity index is -0.0000000150. The van der Waals surface area contributed by atoms with Gasteiger partial charge in [0.25, 0.3) is 0 Å². The molecule has 0 unspecified atom stereocenters. The Morgan fingerprint density at radius 1 is 1.14 bits per heavy atom. The summed E-state index contributed by atoms with van der Waals surface area (Å²) < 4.78 is 1.32. The van der Waals surface area contributed by atoms with E-state index in [2.05, 4.69) is 10.2 Å². The Labute approximate surface area is 79.9 Å². The summed E-state index contributed by atoms with van der Waals surface area (Å²) in [6.45, 7) is 0. The van der Waals surface area contributed by atoms with Gasteiger partial charge >= 0.3 is 43.2 Å². The van der Waals surface area contributed by atoms with Crippen LogP contribution in [0.5, 0.6) is 0 Å². The average Bonchev–Trinajstić information content (AvgIpc) is 1.37. The zero-order valence-corrected chi connectivity index (χ0v) is 9.67. The monoisotopic (exact) mass is 281 g/mol. The number of rotatable bonds is 1. The van der Waals surface area contributed by atoms with Gasteiger partial charge in [-0.2, -0.15) is 0 Å². The third-order valence-electron chi connectivity index (χ3n) is 0.125. The van der Waals surface area contributed by atoms with Crippen LogP contribution < -0.4 is 37.2 Å². The summed E-state index contributed by atoms with van der Waals surface area (Å²) in [7, 11) is 3.31. The van der Waals surface area contributed by atoms with Gasteiger partial charge in [-0.15, -0.1) is 0 Å². The van der Waals surface area contributed by atoms with Gasteiger partial charge in [0.1, 0.15) is 0 Å². The van der Waals surface area contributed by atoms with Crippen LogP contribution >= 0.6 is 0 Å². The van der Waals surface area contributed by atoms with Crippen molar-refractivity contribution >= 4 is 32.8 Å². The minimum atomic E-state index is 0. The van der Waals surface area contributed by atoms with Gasteiger partial charge in [0.15, 0.2) is 0 Å². The number of hydrogen-bond acceptors (Lipinski definition) is 0. The SMILES string of the molecule is [Cl-].[Cl-].[Cl-].[Si]C[CH2][Sn+3]. The first-order chi connectivity index (χ1) is 1.91. The molecule has 0 heterocycles. The summed E-state index contributed by atoms with van der Waals surface area (Å²) in [5.41, 5.74) is 0. The third-order valence-corrected chi connectivity index (χ3v) is 2.52. The molecule has 0 fully saturated rings. The zero-order chi connectivity index (χ0) is 3.41. The van der Waals surface area contributed by atoms with Crippen molar-refractivity contribution in [2.24, 2.45) is 0 Å². The van der Waals surface area contributed by atoms with E-state index in [9.17, 15) is 0 Å². The first kappa shape index (κ1) is 23.1. The van der Waals surface area contributed by atoms with Crippen LogP contribution in [0.25, 0.3) is 0 Å². The van der Waals surface area contributed by atoms with E-state index in [4.69, 9.17) is 0 Å². The molecule has 0 aliphatic heterocycles. The van der Waals surface area contributed by atoms with Crippen LogP contribution in [0.1, 0.15) is 0 Å². The van der Waals surface area contributed by atoms with E-state index in [0.717, 1.165) is 0 Å². The number of halogens is 3. The fourth-order valence-electron chi connectivity index (χ4n) is 0. The predicted molar refractivity (Wildman–Crippen MR) is 21.1 cm³/mol. The molecule has 0 amide bonds. The van der Waals surface area contributed by atoms with Gasteiger partial charge in [-0.25, -0.2) is 0 Å². The molecule has 0 aromatic heterocycles. The van der Waals surface area contributed by atoms with E-state index in [0.29, 0.717) is 0 Å². The molecule has 0 spiro atoms. The molecule has 0 saturated heterocycles. The normalized spacial score (nSPS) is 4.43. The summed E-state index contributed by atoms with van der Waals surface area (Å²) in [6, 6.07) is 1.16. The molecule has 0 N–H and O–H groups in total. The summed E-state index contributed by atoms with van der Waals surface area (Å²) in [5.74, 6) is 0. The Morgan fingerprint density at radius 2 is 1.29 bits per heavy atom. The summed E-state index contributed by atoms with van der Waals surface area (Å²) in [5, 5.41) is 0. The molecular weight excluding hydrogens is 277 g/mol. The molecule has 0 aromatic rings.